The Morgan fingerprint density at radius 2 is 0.382 bits per heavy atom. The summed E-state index contributed by atoms with van der Waals surface area (Å²) in [6, 6.07) is 42.5. The van der Waals surface area contributed by atoms with E-state index in [1.807, 2.05) is 121 Å². The van der Waals surface area contributed by atoms with Gasteiger partial charge in [-0.05, 0) is 94.3 Å². The quantitative estimate of drug-likeness (QED) is 0.0737. The normalized spacial score (nSPS) is 16.5. The minimum atomic E-state index is -1.35. The second kappa shape index (κ2) is 17.4. The molecule has 76 heavy (non-hydrogen) atoms. The first-order valence-corrected chi connectivity index (χ1v) is 27.0. The van der Waals surface area contributed by atoms with Crippen molar-refractivity contribution in [3.05, 3.63) is 210 Å². The summed E-state index contributed by atoms with van der Waals surface area (Å²) in [5.41, 5.74) is -0.903. The van der Waals surface area contributed by atoms with Gasteiger partial charge >= 0.3 is 0 Å². The molecule has 0 saturated heterocycles. The minimum Gasteiger partial charge on any atom is -0.504 e. The van der Waals surface area contributed by atoms with Crippen LogP contribution in [0.25, 0.3) is 40.3 Å². The van der Waals surface area contributed by atoms with E-state index in [1.54, 1.807) is 0 Å². The molecule has 1 aliphatic rings. The number of phenols is 12. The summed E-state index contributed by atoms with van der Waals surface area (Å²) >= 11 is 5.07. The molecule has 1 aliphatic carbocycles. The summed E-state index contributed by atoms with van der Waals surface area (Å²) in [5, 5.41) is 150. The number of aromatic hydroxyl groups is 12. The van der Waals surface area contributed by atoms with Crippen molar-refractivity contribution in [3.63, 3.8) is 0 Å². The molecule has 376 valence electrons. The fraction of sp³-hybridized carbons (Fsp3) is 0.0667. The van der Waals surface area contributed by atoms with Crippen molar-refractivity contribution in [3.8, 4) is 69.0 Å². The first-order chi connectivity index (χ1) is 36.7. The van der Waals surface area contributed by atoms with Gasteiger partial charge in [0.1, 0.15) is 0 Å². The second-order valence-electron chi connectivity index (χ2n) is 18.9. The smallest absolute Gasteiger partial charge is 0.200 e. The minimum absolute atomic E-state index is 0.113. The van der Waals surface area contributed by atoms with Gasteiger partial charge < -0.3 is 61.3 Å². The van der Waals surface area contributed by atoms with Crippen LogP contribution in [0.3, 0.4) is 0 Å². The summed E-state index contributed by atoms with van der Waals surface area (Å²) in [5.74, 6) is -15.9. The molecule has 0 spiro atoms. The van der Waals surface area contributed by atoms with E-state index in [-0.39, 0.29) is 44.5 Å². The van der Waals surface area contributed by atoms with Crippen molar-refractivity contribution in [2.24, 2.45) is 0 Å². The molecule has 8 aromatic carbocycles. The third kappa shape index (κ3) is 7.05. The van der Waals surface area contributed by atoms with Crippen molar-refractivity contribution >= 4 is 85.7 Å². The molecule has 8 bridgehead atoms. The van der Waals surface area contributed by atoms with Crippen LogP contribution in [-0.2, 0) is 0 Å². The van der Waals surface area contributed by atoms with Gasteiger partial charge in [-0.25, -0.2) is 0 Å². The van der Waals surface area contributed by atoms with Gasteiger partial charge in [0.25, 0.3) is 0 Å². The zero-order chi connectivity index (χ0) is 52.6. The summed E-state index contributed by atoms with van der Waals surface area (Å²) in [6.45, 7) is 0. The Labute approximate surface area is 446 Å². The van der Waals surface area contributed by atoms with Gasteiger partial charge in [0.05, 0.1) is 23.7 Å². The van der Waals surface area contributed by atoms with Gasteiger partial charge in [0.2, 0.25) is 23.0 Å². The van der Waals surface area contributed by atoms with Crippen LogP contribution in [0.5, 0.6) is 69.0 Å². The predicted molar refractivity (Wildman–Crippen MR) is 297 cm³/mol. The van der Waals surface area contributed by atoms with Gasteiger partial charge in [0, 0.05) is 82.8 Å². The molecule has 0 saturated carbocycles. The van der Waals surface area contributed by atoms with E-state index in [1.165, 1.54) is 69.6 Å². The van der Waals surface area contributed by atoms with Crippen molar-refractivity contribution in [1.82, 2.24) is 0 Å². The highest BCUT2D eigenvalue weighted by Gasteiger charge is 2.40. The number of hydrogen-bond acceptors (Lipinski definition) is 16. The zero-order valence-corrected chi connectivity index (χ0v) is 42.4. The fourth-order valence-corrected chi connectivity index (χ4v) is 15.8. The summed E-state index contributed by atoms with van der Waals surface area (Å²) < 4.78 is 3.12. The van der Waals surface area contributed by atoms with E-state index in [0.717, 1.165) is 40.3 Å². The van der Waals surface area contributed by atoms with Crippen LogP contribution in [0.4, 0.5) is 0 Å². The summed E-state index contributed by atoms with van der Waals surface area (Å²) in [7, 11) is 0. The van der Waals surface area contributed by atoms with E-state index in [2.05, 4.69) is 0 Å². The zero-order valence-electron chi connectivity index (χ0n) is 39.2. The van der Waals surface area contributed by atoms with Crippen LogP contribution in [0.1, 0.15) is 87.7 Å². The second-order valence-corrected chi connectivity index (χ2v) is 23.3. The Morgan fingerprint density at radius 3 is 0.553 bits per heavy atom. The van der Waals surface area contributed by atoms with Gasteiger partial charge in [-0.2, -0.15) is 0 Å². The van der Waals surface area contributed by atoms with Crippen LogP contribution in [0, 0.1) is 0 Å². The van der Waals surface area contributed by atoms with Crippen molar-refractivity contribution in [2.75, 3.05) is 0 Å². The van der Waals surface area contributed by atoms with Crippen molar-refractivity contribution in [1.29, 1.82) is 0 Å². The lowest BCUT2D eigenvalue weighted by molar-refractivity contribution is 0.354. The number of fused-ring (bicyclic) bond motifs is 12. The average molecular weight is 1080 g/mol. The van der Waals surface area contributed by atoms with E-state index < -0.39 is 92.7 Å². The molecule has 0 radical (unpaired) electrons. The Balaban J connectivity index is 1.24. The van der Waals surface area contributed by atoms with Crippen LogP contribution >= 0.6 is 45.3 Å². The van der Waals surface area contributed by atoms with Gasteiger partial charge in [-0.15, -0.1) is 45.3 Å². The molecule has 4 aromatic heterocycles. The monoisotopic (exact) mass is 1080 g/mol. The van der Waals surface area contributed by atoms with Crippen molar-refractivity contribution < 1.29 is 61.3 Å². The largest absolute Gasteiger partial charge is 0.504 e. The maximum atomic E-state index is 12.3. The molecule has 12 N–H and O–H groups in total. The molecule has 4 heterocycles. The SMILES string of the molecule is Oc1c2cc(c(O)c1O)C(c1cc3ccccc3s1)c1cc(c(O)c(O)c1O)C(c1cc3ccccc3s1)c1cc(c(O)c(O)c1O)C(c1cc3ccccc3s1)c1cc(c(O)c(O)c1O)C2c1cc2ccccc2s1. The Bertz CT molecular complexity index is 3590. The Hall–Kier alpha value is -8.80. The van der Waals surface area contributed by atoms with E-state index >= 15 is 0 Å². The molecule has 12 nitrogen and oxygen atoms in total. The van der Waals surface area contributed by atoms with Gasteiger partial charge in [0.15, 0.2) is 46.0 Å². The first kappa shape index (κ1) is 46.9. The number of phenolic OH excluding ortho intramolecular Hbond substituents is 12. The summed E-state index contributed by atoms with van der Waals surface area (Å²) in [6.07, 6.45) is 0. The molecule has 0 aliphatic heterocycles. The third-order valence-electron chi connectivity index (χ3n) is 14.6. The molecule has 13 rings (SSSR count). The number of hydrogen-bond donors (Lipinski definition) is 12. The number of benzene rings is 8. The maximum absolute atomic E-state index is 12.3. The van der Waals surface area contributed by atoms with Crippen LogP contribution < -0.4 is 0 Å². The van der Waals surface area contributed by atoms with E-state index in [9.17, 15) is 61.3 Å². The molecule has 0 atom stereocenters. The van der Waals surface area contributed by atoms with Crippen molar-refractivity contribution in [2.45, 2.75) is 23.7 Å². The average Bonchev–Trinajstić information content (AvgIpc) is 4.36. The number of rotatable bonds is 4. The van der Waals surface area contributed by atoms with E-state index in [4.69, 9.17) is 0 Å². The Kier molecular flexibility index (Phi) is 10.7. The molecule has 0 amide bonds. The lowest BCUT2D eigenvalue weighted by Gasteiger charge is -2.29. The van der Waals surface area contributed by atoms with Crippen LogP contribution in [0.15, 0.2) is 146 Å². The molecular formula is C60H40O12S4. The van der Waals surface area contributed by atoms with Crippen LogP contribution in [-0.4, -0.2) is 61.3 Å². The standard InChI is InChI=1S/C60H40O12S4/c61-49-29-21-31(51(63)57(49)69)46(42-18-26-10-2-6-14-38(26)74-42)33-23-35(55(67)59(71)53(33)65)48(44-20-28-12-4-8-16-40(28)76-44)36-24-34(54(66)60(72)56(36)68)47(43-19-27-11-3-7-15-39(27)75-43)32-22-30(50(62)58(70)52(32)64)45(29)41-17-25-9-1-5-13-37(25)73-41/h1-24,45-48,61-72H. The highest BCUT2D eigenvalue weighted by Crippen LogP contribution is 2.61. The summed E-state index contributed by atoms with van der Waals surface area (Å²) in [4.78, 5) is 1.79. The lowest BCUT2D eigenvalue weighted by atomic mass is 9.77. The van der Waals surface area contributed by atoms with E-state index in [0.29, 0.717) is 19.5 Å². The third-order valence-corrected chi connectivity index (χ3v) is 19.4. The molecule has 0 fully saturated rings. The fourth-order valence-electron chi connectivity index (χ4n) is 11.0. The predicted octanol–water partition coefficient (Wildman–Crippen LogP) is 14.0. The highest BCUT2D eigenvalue weighted by atomic mass is 32.1. The lowest BCUT2D eigenvalue weighted by Crippen LogP contribution is -2.12. The highest BCUT2D eigenvalue weighted by molar-refractivity contribution is 7.20. The molecule has 12 aromatic rings. The molecule has 16 heteroatoms. The maximum Gasteiger partial charge on any atom is 0.200 e. The Morgan fingerprint density at radius 1 is 0.211 bits per heavy atom. The topological polar surface area (TPSA) is 243 Å². The van der Waals surface area contributed by atoms with Crippen LogP contribution in [0.2, 0.25) is 0 Å². The molecule has 0 unspecified atom stereocenters. The first-order valence-electron chi connectivity index (χ1n) is 23.7. The van der Waals surface area contributed by atoms with Gasteiger partial charge in [-0.1, -0.05) is 72.8 Å². The molecular weight excluding hydrogens is 1040 g/mol. The van der Waals surface area contributed by atoms with Gasteiger partial charge in [-0.3, -0.25) is 0 Å². The number of thiophene rings is 4.